The van der Waals surface area contributed by atoms with Crippen LogP contribution in [0.5, 0.6) is 11.5 Å². The minimum atomic E-state index is -0.302. The molecule has 0 aliphatic carbocycles. The minimum Gasteiger partial charge on any atom is -0.466 e. The van der Waals surface area contributed by atoms with Crippen molar-refractivity contribution in [3.63, 3.8) is 0 Å². The van der Waals surface area contributed by atoms with E-state index in [1.807, 2.05) is 38.1 Å². The van der Waals surface area contributed by atoms with Gasteiger partial charge in [0.15, 0.2) is 0 Å². The summed E-state index contributed by atoms with van der Waals surface area (Å²) in [5, 5.41) is 3.31. The molecule has 0 saturated heterocycles. The molecule has 6 nitrogen and oxygen atoms in total. The normalized spacial score (nSPS) is 10.6. The predicted octanol–water partition coefficient (Wildman–Crippen LogP) is 8.66. The molecule has 2 N–H and O–H groups in total. The molecular formula is C31H39ClN2O4. The van der Waals surface area contributed by atoms with Crippen LogP contribution in [-0.2, 0) is 16.0 Å². The smallest absolute Gasteiger partial charge is 0.310 e. The van der Waals surface area contributed by atoms with Crippen molar-refractivity contribution >= 4 is 35.2 Å². The number of unbranched alkanes of at least 4 members (excludes halogenated alkanes) is 1. The van der Waals surface area contributed by atoms with Crippen molar-refractivity contribution in [1.82, 2.24) is 4.98 Å². The largest absolute Gasteiger partial charge is 0.466 e. The van der Waals surface area contributed by atoms with E-state index in [9.17, 15) is 9.59 Å². The second-order valence-electron chi connectivity index (χ2n) is 8.87. The Hall–Kier alpha value is -3.51. The maximum Gasteiger partial charge on any atom is 0.310 e. The summed E-state index contributed by atoms with van der Waals surface area (Å²) in [7, 11) is 0. The molecule has 3 aromatic rings. The van der Waals surface area contributed by atoms with Gasteiger partial charge in [0.1, 0.15) is 17.2 Å². The Bertz CT molecular complexity index is 1240. The molecule has 0 aliphatic heterocycles. The molecular weight excluding hydrogens is 500 g/mol. The number of hydrogen-bond acceptors (Lipinski definition) is 4. The van der Waals surface area contributed by atoms with E-state index in [1.165, 1.54) is 12.8 Å². The van der Waals surface area contributed by atoms with Gasteiger partial charge in [-0.3, -0.25) is 9.59 Å². The van der Waals surface area contributed by atoms with E-state index in [2.05, 4.69) is 31.1 Å². The summed E-state index contributed by atoms with van der Waals surface area (Å²) < 4.78 is 10.9. The second kappa shape index (κ2) is 15.7. The fraction of sp³-hybridized carbons (Fsp3) is 0.355. The van der Waals surface area contributed by atoms with Gasteiger partial charge in [-0.25, -0.2) is 0 Å². The first kappa shape index (κ1) is 30.7. The number of carbonyl (C=O) groups is 2. The molecule has 1 aromatic heterocycles. The van der Waals surface area contributed by atoms with Gasteiger partial charge >= 0.3 is 5.97 Å². The number of aryl methyl sites for hydroxylation is 2. The van der Waals surface area contributed by atoms with E-state index in [0.29, 0.717) is 34.5 Å². The fourth-order valence-corrected chi connectivity index (χ4v) is 3.62. The third-order valence-electron chi connectivity index (χ3n) is 5.62. The summed E-state index contributed by atoms with van der Waals surface area (Å²) in [6, 6.07) is 12.4. The van der Waals surface area contributed by atoms with Gasteiger partial charge in [0, 0.05) is 11.4 Å². The molecule has 1 heterocycles. The van der Waals surface area contributed by atoms with Gasteiger partial charge in [0.25, 0.3) is 5.91 Å². The van der Waals surface area contributed by atoms with Crippen LogP contribution in [0, 0.1) is 13.8 Å². The number of ether oxygens (including phenoxy) is 2. The highest BCUT2D eigenvalue weighted by Gasteiger charge is 2.13. The van der Waals surface area contributed by atoms with E-state index in [0.717, 1.165) is 28.8 Å². The average molecular weight is 539 g/mol. The lowest BCUT2D eigenvalue weighted by molar-refractivity contribution is -0.142. The number of H-pyrrole nitrogens is 1. The van der Waals surface area contributed by atoms with Crippen LogP contribution in [-0.4, -0.2) is 23.5 Å². The zero-order valence-electron chi connectivity index (χ0n) is 23.2. The van der Waals surface area contributed by atoms with Crippen molar-refractivity contribution in [2.24, 2.45) is 0 Å². The van der Waals surface area contributed by atoms with Crippen molar-refractivity contribution < 1.29 is 19.1 Å². The van der Waals surface area contributed by atoms with Crippen molar-refractivity contribution in [2.75, 3.05) is 11.9 Å². The van der Waals surface area contributed by atoms with Crippen molar-refractivity contribution in [1.29, 1.82) is 0 Å². The zero-order valence-corrected chi connectivity index (χ0v) is 24.0. The number of benzene rings is 2. The fourth-order valence-electron chi connectivity index (χ4n) is 3.38. The Morgan fingerprint density at radius 3 is 2.26 bits per heavy atom. The Morgan fingerprint density at radius 2 is 1.66 bits per heavy atom. The van der Waals surface area contributed by atoms with Crippen LogP contribution < -0.4 is 10.1 Å². The number of amides is 1. The molecule has 0 saturated carbocycles. The first-order valence-corrected chi connectivity index (χ1v) is 13.5. The van der Waals surface area contributed by atoms with Crippen LogP contribution >= 0.6 is 11.6 Å². The Kier molecular flexibility index (Phi) is 12.7. The molecule has 3 rings (SSSR count). The van der Waals surface area contributed by atoms with Gasteiger partial charge in [-0.2, -0.15) is 0 Å². The number of rotatable bonds is 10. The van der Waals surface area contributed by atoms with Crippen LogP contribution in [0.1, 0.15) is 79.8 Å². The number of carbonyl (C=O) groups excluding carboxylic acids is 2. The number of allylic oxidation sites excluding steroid dienone is 1. The van der Waals surface area contributed by atoms with Crippen LogP contribution in [0.15, 0.2) is 48.5 Å². The van der Waals surface area contributed by atoms with E-state index in [4.69, 9.17) is 21.1 Å². The van der Waals surface area contributed by atoms with Gasteiger partial charge in [0.05, 0.1) is 18.1 Å². The van der Waals surface area contributed by atoms with E-state index in [-0.39, 0.29) is 18.3 Å². The second-order valence-corrected chi connectivity index (χ2v) is 9.28. The van der Waals surface area contributed by atoms with Gasteiger partial charge in [-0.1, -0.05) is 57.4 Å². The van der Waals surface area contributed by atoms with Crippen LogP contribution in [0.3, 0.4) is 0 Å². The standard InChI is InChI=1S/C27H29ClN2O4.C4H10/c1-5-7-8-22-17(3)14-23(30-22)27(32)29-20-10-12-24(18(4)13-20)34-25-11-9-19(15-21(25)28)16-26(31)33-6-2;1-3-4-2/h7-15,30H,5-6,16H2,1-4H3,(H,29,32);3-4H2,1-2H3/b8-7-;. The van der Waals surface area contributed by atoms with Crippen LogP contribution in [0.25, 0.3) is 6.08 Å². The predicted molar refractivity (Wildman–Crippen MR) is 156 cm³/mol. The highest BCUT2D eigenvalue weighted by Crippen LogP contribution is 2.33. The van der Waals surface area contributed by atoms with Gasteiger partial charge in [-0.05, 0) is 86.4 Å². The lowest BCUT2D eigenvalue weighted by atomic mass is 10.1. The van der Waals surface area contributed by atoms with Crippen LogP contribution in [0.2, 0.25) is 5.02 Å². The Labute approximate surface area is 231 Å². The number of esters is 1. The average Bonchev–Trinajstić information content (AvgIpc) is 3.26. The molecule has 0 atom stereocenters. The molecule has 204 valence electrons. The first-order valence-electron chi connectivity index (χ1n) is 13.1. The molecule has 2 aromatic carbocycles. The molecule has 7 heteroatoms. The summed E-state index contributed by atoms with van der Waals surface area (Å²) in [4.78, 5) is 27.5. The summed E-state index contributed by atoms with van der Waals surface area (Å²) >= 11 is 6.36. The molecule has 0 spiro atoms. The number of aromatic nitrogens is 1. The number of halogens is 1. The molecule has 0 radical (unpaired) electrons. The lowest BCUT2D eigenvalue weighted by Crippen LogP contribution is -2.12. The third kappa shape index (κ3) is 9.42. The Balaban J connectivity index is 0.00000118. The highest BCUT2D eigenvalue weighted by molar-refractivity contribution is 6.32. The number of aromatic amines is 1. The lowest BCUT2D eigenvalue weighted by Gasteiger charge is -2.13. The SMILES string of the molecule is CC/C=C\c1[nH]c(C(=O)Nc2ccc(Oc3ccc(CC(=O)OCC)cc3Cl)c(C)c2)cc1C.CCCC. The number of anilines is 1. The van der Waals surface area contributed by atoms with E-state index >= 15 is 0 Å². The maximum absolute atomic E-state index is 12.7. The van der Waals surface area contributed by atoms with Gasteiger partial charge < -0.3 is 19.8 Å². The van der Waals surface area contributed by atoms with Crippen molar-refractivity contribution in [3.05, 3.63) is 81.6 Å². The van der Waals surface area contributed by atoms with Crippen molar-refractivity contribution in [2.45, 2.75) is 67.2 Å². The minimum absolute atomic E-state index is 0.151. The van der Waals surface area contributed by atoms with Crippen molar-refractivity contribution in [3.8, 4) is 11.5 Å². The number of nitrogens with one attached hydrogen (secondary N) is 2. The quantitative estimate of drug-likeness (QED) is 0.253. The highest BCUT2D eigenvalue weighted by atomic mass is 35.5. The molecule has 0 bridgehead atoms. The summed E-state index contributed by atoms with van der Waals surface area (Å²) in [5.74, 6) is 0.570. The van der Waals surface area contributed by atoms with E-state index < -0.39 is 0 Å². The van der Waals surface area contributed by atoms with Gasteiger partial charge in [0.2, 0.25) is 0 Å². The summed E-state index contributed by atoms with van der Waals surface area (Å²) in [6.07, 6.45) is 7.74. The molecule has 0 unspecified atom stereocenters. The topological polar surface area (TPSA) is 80.4 Å². The maximum atomic E-state index is 12.7. The molecule has 0 fully saturated rings. The summed E-state index contributed by atoms with van der Waals surface area (Å²) in [6.45, 7) is 12.4. The number of hydrogen-bond donors (Lipinski definition) is 2. The zero-order chi connectivity index (χ0) is 28.1. The Morgan fingerprint density at radius 1 is 0.947 bits per heavy atom. The molecule has 1 amide bonds. The third-order valence-corrected chi connectivity index (χ3v) is 5.92. The van der Waals surface area contributed by atoms with Gasteiger partial charge in [-0.15, -0.1) is 0 Å². The molecule has 0 aliphatic rings. The monoisotopic (exact) mass is 538 g/mol. The van der Waals surface area contributed by atoms with Crippen LogP contribution in [0.4, 0.5) is 5.69 Å². The molecule has 38 heavy (non-hydrogen) atoms. The first-order chi connectivity index (χ1) is 18.2. The summed E-state index contributed by atoms with van der Waals surface area (Å²) in [5.41, 5.74) is 4.68. The van der Waals surface area contributed by atoms with E-state index in [1.54, 1.807) is 37.3 Å².